The van der Waals surface area contributed by atoms with Gasteiger partial charge in [0.2, 0.25) is 5.76 Å². The third kappa shape index (κ3) is 1.65. The number of aryl methyl sites for hydroxylation is 1. The van der Waals surface area contributed by atoms with Gasteiger partial charge in [-0.2, -0.15) is 0 Å². The maximum atomic E-state index is 12.2. The van der Waals surface area contributed by atoms with E-state index in [4.69, 9.17) is 4.52 Å². The molecule has 1 heterocycles. The van der Waals surface area contributed by atoms with Gasteiger partial charge in [0.25, 0.3) is 5.91 Å². The molecule has 4 nitrogen and oxygen atoms in total. The zero-order chi connectivity index (χ0) is 13.8. The average molecular weight is 262 g/mol. The number of aromatic nitrogens is 1. The molecule has 2 aliphatic rings. The molecule has 1 aromatic heterocycles. The molecular weight excluding hydrogens is 240 g/mol. The van der Waals surface area contributed by atoms with E-state index in [1.54, 1.807) is 6.07 Å². The van der Waals surface area contributed by atoms with E-state index in [9.17, 15) is 4.79 Å². The Labute approximate surface area is 113 Å². The van der Waals surface area contributed by atoms with Crippen LogP contribution < -0.4 is 5.32 Å². The quantitative estimate of drug-likeness (QED) is 0.891. The third-order valence-electron chi connectivity index (χ3n) is 5.95. The van der Waals surface area contributed by atoms with Crippen molar-refractivity contribution < 1.29 is 9.32 Å². The van der Waals surface area contributed by atoms with Crippen molar-refractivity contribution in [3.63, 3.8) is 0 Å². The van der Waals surface area contributed by atoms with Crippen LogP contribution in [0.5, 0.6) is 0 Å². The van der Waals surface area contributed by atoms with Crippen molar-refractivity contribution in [1.82, 2.24) is 10.5 Å². The minimum atomic E-state index is -0.129. The van der Waals surface area contributed by atoms with Gasteiger partial charge in [-0.25, -0.2) is 0 Å². The number of nitrogens with zero attached hydrogens (tertiary/aromatic N) is 1. The Bertz CT molecular complexity index is 520. The second-order valence-corrected chi connectivity index (χ2v) is 6.97. The van der Waals surface area contributed by atoms with Gasteiger partial charge in [0, 0.05) is 12.1 Å². The van der Waals surface area contributed by atoms with E-state index >= 15 is 0 Å². The number of rotatable bonds is 2. The Morgan fingerprint density at radius 2 is 2.21 bits per heavy atom. The number of hydrogen-bond donors (Lipinski definition) is 1. The minimum absolute atomic E-state index is 0.129. The Morgan fingerprint density at radius 3 is 2.68 bits per heavy atom. The molecule has 104 valence electrons. The summed E-state index contributed by atoms with van der Waals surface area (Å²) in [7, 11) is 0. The molecule has 0 aromatic carbocycles. The molecule has 3 atom stereocenters. The molecule has 0 radical (unpaired) electrons. The molecule has 1 N–H and O–H groups in total. The van der Waals surface area contributed by atoms with Gasteiger partial charge in [-0.15, -0.1) is 0 Å². The molecule has 0 spiro atoms. The van der Waals surface area contributed by atoms with E-state index in [2.05, 4.69) is 31.2 Å². The molecule has 2 bridgehead atoms. The lowest BCUT2D eigenvalue weighted by Crippen LogP contribution is -2.46. The maximum Gasteiger partial charge on any atom is 0.290 e. The highest BCUT2D eigenvalue weighted by Crippen LogP contribution is 2.65. The highest BCUT2D eigenvalue weighted by molar-refractivity contribution is 5.91. The predicted molar refractivity (Wildman–Crippen MR) is 71.7 cm³/mol. The highest BCUT2D eigenvalue weighted by atomic mass is 16.5. The summed E-state index contributed by atoms with van der Waals surface area (Å²) in [5.74, 6) is 0.913. The normalized spacial score (nSPS) is 35.6. The second-order valence-electron chi connectivity index (χ2n) is 6.97. The topological polar surface area (TPSA) is 55.1 Å². The number of fused-ring (bicyclic) bond motifs is 2. The number of hydrogen-bond acceptors (Lipinski definition) is 3. The first-order chi connectivity index (χ1) is 8.84. The molecule has 2 aliphatic carbocycles. The van der Waals surface area contributed by atoms with Gasteiger partial charge in [-0.05, 0) is 42.9 Å². The van der Waals surface area contributed by atoms with Gasteiger partial charge in [0.05, 0.1) is 5.69 Å². The Kier molecular flexibility index (Phi) is 2.57. The fourth-order valence-corrected chi connectivity index (χ4v) is 4.12. The number of amides is 1. The van der Waals surface area contributed by atoms with Crippen LogP contribution in [0.4, 0.5) is 0 Å². The molecule has 19 heavy (non-hydrogen) atoms. The summed E-state index contributed by atoms with van der Waals surface area (Å²) >= 11 is 0. The largest absolute Gasteiger partial charge is 0.351 e. The number of carbonyl (C=O) groups is 1. The van der Waals surface area contributed by atoms with Gasteiger partial charge >= 0.3 is 0 Å². The fourth-order valence-electron chi connectivity index (χ4n) is 4.12. The summed E-state index contributed by atoms with van der Waals surface area (Å²) in [6, 6.07) is 1.94. The van der Waals surface area contributed by atoms with E-state index < -0.39 is 0 Å². The summed E-state index contributed by atoms with van der Waals surface area (Å²) in [5, 5.41) is 6.93. The van der Waals surface area contributed by atoms with Crippen LogP contribution in [0, 0.1) is 23.7 Å². The van der Waals surface area contributed by atoms with E-state index in [1.165, 1.54) is 12.8 Å². The molecule has 3 rings (SSSR count). The third-order valence-corrected chi connectivity index (χ3v) is 5.95. The van der Waals surface area contributed by atoms with Gasteiger partial charge < -0.3 is 9.84 Å². The summed E-state index contributed by atoms with van der Waals surface area (Å²) in [6.45, 7) is 8.82. The maximum absolute atomic E-state index is 12.2. The first-order valence-corrected chi connectivity index (χ1v) is 7.09. The first kappa shape index (κ1) is 12.7. The summed E-state index contributed by atoms with van der Waals surface area (Å²) in [4.78, 5) is 12.2. The number of nitrogens with one attached hydrogen (secondary N) is 1. The average Bonchev–Trinajstić information content (AvgIpc) is 2.91. The van der Waals surface area contributed by atoms with Gasteiger partial charge in [0.15, 0.2) is 0 Å². The Balaban J connectivity index is 1.77. The summed E-state index contributed by atoms with van der Waals surface area (Å²) in [5.41, 5.74) is 1.25. The van der Waals surface area contributed by atoms with Gasteiger partial charge in [-0.1, -0.05) is 25.9 Å². The van der Waals surface area contributed by atoms with Crippen molar-refractivity contribution >= 4 is 5.91 Å². The van der Waals surface area contributed by atoms with Crippen LogP contribution in [-0.2, 0) is 0 Å². The lowest BCUT2D eigenvalue weighted by Gasteiger charge is -2.39. The molecule has 4 heteroatoms. The van der Waals surface area contributed by atoms with Crippen molar-refractivity contribution in [3.05, 3.63) is 17.5 Å². The zero-order valence-electron chi connectivity index (χ0n) is 12.1. The molecule has 2 fully saturated rings. The van der Waals surface area contributed by atoms with E-state index in [0.717, 1.165) is 18.0 Å². The monoisotopic (exact) mass is 262 g/mol. The summed E-state index contributed by atoms with van der Waals surface area (Å²) < 4.78 is 5.04. The van der Waals surface area contributed by atoms with E-state index in [1.807, 2.05) is 6.92 Å². The Hall–Kier alpha value is -1.32. The number of carbonyl (C=O) groups excluding carboxylic acids is 1. The van der Waals surface area contributed by atoms with Crippen LogP contribution in [0.25, 0.3) is 0 Å². The van der Waals surface area contributed by atoms with Crippen molar-refractivity contribution in [2.24, 2.45) is 16.7 Å². The molecule has 3 unspecified atom stereocenters. The fraction of sp³-hybridized carbons (Fsp3) is 0.733. The van der Waals surface area contributed by atoms with Crippen molar-refractivity contribution in [3.8, 4) is 0 Å². The first-order valence-electron chi connectivity index (χ1n) is 7.09. The van der Waals surface area contributed by atoms with E-state index in [-0.39, 0.29) is 17.4 Å². The zero-order valence-corrected chi connectivity index (χ0v) is 12.1. The van der Waals surface area contributed by atoms with Crippen LogP contribution in [0.15, 0.2) is 10.6 Å². The minimum Gasteiger partial charge on any atom is -0.351 e. The molecule has 0 aliphatic heterocycles. The van der Waals surface area contributed by atoms with Crippen LogP contribution in [-0.4, -0.2) is 17.1 Å². The van der Waals surface area contributed by atoms with Crippen LogP contribution >= 0.6 is 0 Å². The van der Waals surface area contributed by atoms with Gasteiger partial charge in [-0.3, -0.25) is 4.79 Å². The van der Waals surface area contributed by atoms with Crippen molar-refractivity contribution in [1.29, 1.82) is 0 Å². The summed E-state index contributed by atoms with van der Waals surface area (Å²) in [6.07, 6.45) is 3.57. The van der Waals surface area contributed by atoms with Crippen molar-refractivity contribution in [2.45, 2.75) is 53.0 Å². The molecule has 1 aromatic rings. The predicted octanol–water partition coefficient (Wildman–Crippen LogP) is 2.93. The molecule has 2 saturated carbocycles. The highest BCUT2D eigenvalue weighted by Gasteiger charge is 2.61. The lowest BCUT2D eigenvalue weighted by atomic mass is 9.69. The van der Waals surface area contributed by atoms with Gasteiger partial charge in [0.1, 0.15) is 0 Å². The van der Waals surface area contributed by atoms with E-state index in [0.29, 0.717) is 11.2 Å². The molecular formula is C15H22N2O2. The van der Waals surface area contributed by atoms with Crippen LogP contribution in [0.3, 0.4) is 0 Å². The van der Waals surface area contributed by atoms with Crippen LogP contribution in [0.2, 0.25) is 0 Å². The SMILES string of the molecule is Cc1cc(C(=O)NC2CC3CCC2(C)C3(C)C)on1. The standard InChI is InChI=1S/C15H22N2O2/c1-9-7-11(19-17-9)13(18)16-12-8-10-5-6-15(12,4)14(10,2)3/h7,10,12H,5-6,8H2,1-4H3,(H,16,18). The smallest absolute Gasteiger partial charge is 0.290 e. The van der Waals surface area contributed by atoms with Crippen molar-refractivity contribution in [2.75, 3.05) is 0 Å². The Morgan fingerprint density at radius 1 is 1.47 bits per heavy atom. The molecule has 1 amide bonds. The second kappa shape index (κ2) is 3.84. The molecule has 0 saturated heterocycles. The van der Waals surface area contributed by atoms with Crippen LogP contribution in [0.1, 0.15) is 56.3 Å². The lowest BCUT2D eigenvalue weighted by molar-refractivity contribution is 0.0793.